The number of phosphoric ester groups is 1. The van der Waals surface area contributed by atoms with Crippen molar-refractivity contribution in [3.8, 4) is 0 Å². The van der Waals surface area contributed by atoms with Crippen LogP contribution in [0.15, 0.2) is 0 Å². The molecule has 0 radical (unpaired) electrons. The zero-order chi connectivity index (χ0) is 28.4. The molecule has 0 aliphatic heterocycles. The second-order valence-electron chi connectivity index (χ2n) is 11.8. The number of rotatable bonds is 30. The summed E-state index contributed by atoms with van der Waals surface area (Å²) in [5, 5.41) is 0. The van der Waals surface area contributed by atoms with E-state index in [1.165, 1.54) is 96.3 Å². The van der Waals surface area contributed by atoms with E-state index in [0.717, 1.165) is 19.3 Å². The molecule has 0 aromatic heterocycles. The molecule has 0 amide bonds. The first-order valence-electron chi connectivity index (χ1n) is 15.8. The zero-order valence-corrected chi connectivity index (χ0v) is 26.8. The quantitative estimate of drug-likeness (QED) is 0.0536. The molecule has 0 bridgehead atoms. The van der Waals surface area contributed by atoms with E-state index in [1.54, 1.807) is 0 Å². The maximum Gasteiger partial charge on any atom is 0.472 e. The summed E-state index contributed by atoms with van der Waals surface area (Å²) in [6.45, 7) is 6.94. The van der Waals surface area contributed by atoms with Crippen LogP contribution >= 0.6 is 7.82 Å². The van der Waals surface area contributed by atoms with Gasteiger partial charge in [-0.3, -0.25) is 9.05 Å². The molecular weight excluding hydrogens is 501 g/mol. The van der Waals surface area contributed by atoms with E-state index in [1.807, 2.05) is 21.1 Å². The third-order valence-electron chi connectivity index (χ3n) is 6.74. The van der Waals surface area contributed by atoms with Crippen molar-refractivity contribution in [2.45, 2.75) is 136 Å². The van der Waals surface area contributed by atoms with Crippen molar-refractivity contribution in [3.63, 3.8) is 0 Å². The Kier molecular flexibility index (Phi) is 25.9. The number of nitrogens with zero attached hydrogens (tertiary/aromatic N) is 1. The Morgan fingerprint density at radius 1 is 0.605 bits per heavy atom. The van der Waals surface area contributed by atoms with Gasteiger partial charge in [-0.25, -0.2) is 4.57 Å². The maximum absolute atomic E-state index is 12.3. The van der Waals surface area contributed by atoms with Gasteiger partial charge in [0.15, 0.2) is 0 Å². The van der Waals surface area contributed by atoms with Crippen LogP contribution in [0.25, 0.3) is 0 Å². The van der Waals surface area contributed by atoms with Crippen LogP contribution in [0.4, 0.5) is 0 Å². The van der Waals surface area contributed by atoms with E-state index in [0.29, 0.717) is 30.8 Å². The summed E-state index contributed by atoms with van der Waals surface area (Å²) >= 11 is 0. The predicted octanol–water partition coefficient (Wildman–Crippen LogP) is 8.29. The highest BCUT2D eigenvalue weighted by molar-refractivity contribution is 7.47. The smallest absolute Gasteiger partial charge is 0.379 e. The van der Waals surface area contributed by atoms with Gasteiger partial charge >= 0.3 is 7.82 Å². The largest absolute Gasteiger partial charge is 0.472 e. The lowest BCUT2D eigenvalue weighted by Gasteiger charge is -2.24. The third kappa shape index (κ3) is 29.0. The summed E-state index contributed by atoms with van der Waals surface area (Å²) in [6.07, 6.45) is 22.4. The zero-order valence-electron chi connectivity index (χ0n) is 25.9. The van der Waals surface area contributed by atoms with Crippen LogP contribution in [0.5, 0.6) is 0 Å². The standard InChI is InChI=1S/C30H64NO6P/c1-6-8-10-12-14-16-17-19-21-23-26-35-30(28-34-25-22-20-18-15-13-11-9-7-2)29-37-38(32,33)36-27-24-31(3,4)5/h30H,6-29H2,1-5H3/p+1. The number of hydrogen-bond donors (Lipinski definition) is 1. The lowest BCUT2D eigenvalue weighted by atomic mass is 10.1. The highest BCUT2D eigenvalue weighted by Crippen LogP contribution is 2.43. The SMILES string of the molecule is CCCCCCCCCCCCOC(COCCCCCCCCCC)COP(=O)(O)OCC[N+](C)(C)C. The normalized spacial score (nSPS) is 14.6. The van der Waals surface area contributed by atoms with Gasteiger partial charge in [-0.1, -0.05) is 117 Å². The second-order valence-corrected chi connectivity index (χ2v) is 13.3. The molecule has 7 nitrogen and oxygen atoms in total. The average Bonchev–Trinajstić information content (AvgIpc) is 2.85. The van der Waals surface area contributed by atoms with Gasteiger partial charge < -0.3 is 18.9 Å². The van der Waals surface area contributed by atoms with Crippen molar-refractivity contribution in [1.82, 2.24) is 0 Å². The van der Waals surface area contributed by atoms with Gasteiger partial charge in [0.25, 0.3) is 0 Å². The third-order valence-corrected chi connectivity index (χ3v) is 7.72. The molecule has 0 saturated carbocycles. The molecule has 0 saturated heterocycles. The molecule has 0 rings (SSSR count). The Bertz CT molecular complexity index is 543. The molecule has 230 valence electrons. The number of hydrogen-bond acceptors (Lipinski definition) is 5. The lowest BCUT2D eigenvalue weighted by molar-refractivity contribution is -0.870. The van der Waals surface area contributed by atoms with Gasteiger partial charge in [-0.2, -0.15) is 0 Å². The van der Waals surface area contributed by atoms with Crippen molar-refractivity contribution in [3.05, 3.63) is 0 Å². The number of unbranched alkanes of at least 4 members (excludes halogenated alkanes) is 16. The van der Waals surface area contributed by atoms with Crippen molar-refractivity contribution in [1.29, 1.82) is 0 Å². The molecule has 1 N–H and O–H groups in total. The summed E-state index contributed by atoms with van der Waals surface area (Å²) in [4.78, 5) is 10.1. The average molecular weight is 567 g/mol. The Hall–Kier alpha value is -0.0100. The number of phosphoric acid groups is 1. The number of quaternary nitrogens is 1. The highest BCUT2D eigenvalue weighted by Gasteiger charge is 2.25. The Balaban J connectivity index is 4.20. The second kappa shape index (κ2) is 25.9. The predicted molar refractivity (Wildman–Crippen MR) is 160 cm³/mol. The minimum atomic E-state index is -4.11. The maximum atomic E-state index is 12.3. The first-order chi connectivity index (χ1) is 18.2. The van der Waals surface area contributed by atoms with Gasteiger partial charge in [-0.05, 0) is 12.8 Å². The van der Waals surface area contributed by atoms with Crippen LogP contribution in [0.2, 0.25) is 0 Å². The van der Waals surface area contributed by atoms with Gasteiger partial charge in [-0.15, -0.1) is 0 Å². The molecule has 0 aliphatic rings. The van der Waals surface area contributed by atoms with Gasteiger partial charge in [0, 0.05) is 13.2 Å². The van der Waals surface area contributed by atoms with Gasteiger partial charge in [0.2, 0.25) is 0 Å². The minimum Gasteiger partial charge on any atom is -0.379 e. The van der Waals surface area contributed by atoms with Gasteiger partial charge in [0.05, 0.1) is 34.4 Å². The molecular formula is C30H65NO6P+. The summed E-state index contributed by atoms with van der Waals surface area (Å²) in [5.41, 5.74) is 0. The lowest BCUT2D eigenvalue weighted by Crippen LogP contribution is -2.37. The van der Waals surface area contributed by atoms with Crippen LogP contribution in [-0.2, 0) is 23.1 Å². The van der Waals surface area contributed by atoms with Crippen molar-refractivity contribution in [2.24, 2.45) is 0 Å². The summed E-state index contributed by atoms with van der Waals surface area (Å²) in [5.74, 6) is 0. The van der Waals surface area contributed by atoms with E-state index in [-0.39, 0.29) is 19.3 Å². The minimum absolute atomic E-state index is 0.00661. The molecule has 0 fully saturated rings. The molecule has 2 atom stereocenters. The van der Waals surface area contributed by atoms with E-state index in [4.69, 9.17) is 18.5 Å². The molecule has 8 heteroatoms. The molecule has 0 spiro atoms. The highest BCUT2D eigenvalue weighted by atomic mass is 31.2. The van der Waals surface area contributed by atoms with Gasteiger partial charge in [0.1, 0.15) is 19.3 Å². The Labute approximate surface area is 236 Å². The van der Waals surface area contributed by atoms with Crippen LogP contribution in [0, 0.1) is 0 Å². The van der Waals surface area contributed by atoms with E-state index < -0.39 is 7.82 Å². The molecule has 38 heavy (non-hydrogen) atoms. The summed E-state index contributed by atoms with van der Waals surface area (Å²) in [6, 6.07) is 0. The fraction of sp³-hybridized carbons (Fsp3) is 1.00. The first kappa shape index (κ1) is 38.0. The summed E-state index contributed by atoms with van der Waals surface area (Å²) < 4.78 is 35.3. The van der Waals surface area contributed by atoms with Crippen LogP contribution in [0.3, 0.4) is 0 Å². The molecule has 2 unspecified atom stereocenters. The summed E-state index contributed by atoms with van der Waals surface area (Å²) in [7, 11) is 1.91. The monoisotopic (exact) mass is 566 g/mol. The molecule has 0 aromatic rings. The molecule has 0 heterocycles. The van der Waals surface area contributed by atoms with Crippen molar-refractivity contribution >= 4 is 7.82 Å². The fourth-order valence-corrected chi connectivity index (χ4v) is 4.92. The van der Waals surface area contributed by atoms with Crippen LogP contribution in [-0.4, -0.2) is 76.2 Å². The van der Waals surface area contributed by atoms with Crippen molar-refractivity contribution < 1.29 is 32.5 Å². The van der Waals surface area contributed by atoms with E-state index in [2.05, 4.69) is 13.8 Å². The molecule has 0 aromatic carbocycles. The van der Waals surface area contributed by atoms with E-state index in [9.17, 15) is 9.46 Å². The number of likely N-dealkylation sites (N-methyl/N-ethyl adjacent to an activating group) is 1. The Morgan fingerprint density at radius 3 is 1.53 bits per heavy atom. The first-order valence-corrected chi connectivity index (χ1v) is 17.3. The molecule has 0 aliphatic carbocycles. The van der Waals surface area contributed by atoms with E-state index >= 15 is 0 Å². The van der Waals surface area contributed by atoms with Crippen LogP contribution in [0.1, 0.15) is 129 Å². The fourth-order valence-electron chi connectivity index (χ4n) is 4.18. The number of ether oxygens (including phenoxy) is 2. The van der Waals surface area contributed by atoms with Crippen molar-refractivity contribution in [2.75, 3.05) is 60.7 Å². The Morgan fingerprint density at radius 2 is 1.05 bits per heavy atom. The topological polar surface area (TPSA) is 74.2 Å². The van der Waals surface area contributed by atoms with Crippen LogP contribution < -0.4 is 0 Å².